The van der Waals surface area contributed by atoms with Crippen molar-refractivity contribution in [3.8, 4) is 5.75 Å². The van der Waals surface area contributed by atoms with Crippen LogP contribution in [-0.2, 0) is 13.1 Å². The van der Waals surface area contributed by atoms with Crippen molar-refractivity contribution in [1.29, 1.82) is 0 Å². The number of aryl methyl sites for hydroxylation is 1. The number of amides is 1. The van der Waals surface area contributed by atoms with Crippen molar-refractivity contribution in [2.24, 2.45) is 0 Å². The van der Waals surface area contributed by atoms with Crippen LogP contribution in [0.4, 0.5) is 5.69 Å². The summed E-state index contributed by atoms with van der Waals surface area (Å²) in [6.07, 6.45) is 0. The number of aromatic hydroxyl groups is 1. The zero-order valence-electron chi connectivity index (χ0n) is 15.3. The number of phenolic OH excluding ortho intramolecular Hbond substituents is 1. The van der Waals surface area contributed by atoms with Crippen LogP contribution < -0.4 is 10.6 Å². The van der Waals surface area contributed by atoms with Crippen LogP contribution in [0.2, 0.25) is 10.0 Å². The molecule has 0 atom stereocenters. The van der Waals surface area contributed by atoms with E-state index in [9.17, 15) is 9.90 Å². The van der Waals surface area contributed by atoms with E-state index in [-0.39, 0.29) is 11.3 Å². The van der Waals surface area contributed by atoms with Gasteiger partial charge in [0.1, 0.15) is 5.75 Å². The molecule has 28 heavy (non-hydrogen) atoms. The number of phenols is 1. The van der Waals surface area contributed by atoms with Crippen LogP contribution in [0.5, 0.6) is 5.75 Å². The summed E-state index contributed by atoms with van der Waals surface area (Å²) in [4.78, 5) is 12.4. The topological polar surface area (TPSA) is 61.4 Å². The average Bonchev–Trinajstić information content (AvgIpc) is 2.67. The Morgan fingerprint density at radius 1 is 0.964 bits per heavy atom. The summed E-state index contributed by atoms with van der Waals surface area (Å²) < 4.78 is 0. The second-order valence-corrected chi connectivity index (χ2v) is 7.36. The molecule has 0 bridgehead atoms. The Balaban J connectivity index is 1.63. The van der Waals surface area contributed by atoms with E-state index >= 15 is 0 Å². The van der Waals surface area contributed by atoms with Crippen LogP contribution in [0.3, 0.4) is 0 Å². The molecule has 0 fully saturated rings. The SMILES string of the molecule is Cc1ccc(Cl)cc1CNCc1cccc(NC(=O)c2cc(Cl)ccc2O)c1. The van der Waals surface area contributed by atoms with Gasteiger partial charge in [0, 0.05) is 28.8 Å². The van der Waals surface area contributed by atoms with E-state index in [1.807, 2.05) is 36.4 Å². The maximum absolute atomic E-state index is 12.4. The first-order valence-electron chi connectivity index (χ1n) is 8.77. The molecule has 3 aromatic carbocycles. The molecule has 0 heterocycles. The first kappa shape index (κ1) is 20.2. The third-order valence-electron chi connectivity index (χ3n) is 4.34. The van der Waals surface area contributed by atoms with Gasteiger partial charge in [0.2, 0.25) is 0 Å². The van der Waals surface area contributed by atoms with Gasteiger partial charge in [-0.1, -0.05) is 41.4 Å². The number of rotatable bonds is 6. The Morgan fingerprint density at radius 3 is 2.54 bits per heavy atom. The van der Waals surface area contributed by atoms with E-state index < -0.39 is 5.91 Å². The van der Waals surface area contributed by atoms with E-state index in [0.29, 0.717) is 23.8 Å². The highest BCUT2D eigenvalue weighted by Gasteiger charge is 2.12. The highest BCUT2D eigenvalue weighted by Crippen LogP contribution is 2.23. The fourth-order valence-electron chi connectivity index (χ4n) is 2.82. The van der Waals surface area contributed by atoms with Gasteiger partial charge in [0.25, 0.3) is 5.91 Å². The smallest absolute Gasteiger partial charge is 0.259 e. The van der Waals surface area contributed by atoms with E-state index in [0.717, 1.165) is 16.1 Å². The number of hydrogen-bond donors (Lipinski definition) is 3. The van der Waals surface area contributed by atoms with Crippen molar-refractivity contribution in [1.82, 2.24) is 5.32 Å². The Kier molecular flexibility index (Phi) is 6.57. The van der Waals surface area contributed by atoms with Gasteiger partial charge in [-0.05, 0) is 66.1 Å². The summed E-state index contributed by atoms with van der Waals surface area (Å²) in [6.45, 7) is 3.38. The average molecular weight is 415 g/mol. The molecule has 6 heteroatoms. The molecule has 0 aliphatic heterocycles. The molecule has 3 N–H and O–H groups in total. The molecule has 3 rings (SSSR count). The van der Waals surface area contributed by atoms with Gasteiger partial charge in [0.05, 0.1) is 5.56 Å². The van der Waals surface area contributed by atoms with Crippen molar-refractivity contribution in [2.75, 3.05) is 5.32 Å². The van der Waals surface area contributed by atoms with Crippen LogP contribution in [0.15, 0.2) is 60.7 Å². The number of nitrogens with one attached hydrogen (secondary N) is 2. The molecular formula is C22H20Cl2N2O2. The Labute approximate surface area is 174 Å². The third-order valence-corrected chi connectivity index (χ3v) is 4.81. The van der Waals surface area contributed by atoms with Crippen molar-refractivity contribution < 1.29 is 9.90 Å². The molecule has 0 radical (unpaired) electrons. The lowest BCUT2D eigenvalue weighted by molar-refractivity contribution is 0.102. The minimum atomic E-state index is -0.417. The monoisotopic (exact) mass is 414 g/mol. The normalized spacial score (nSPS) is 10.7. The largest absolute Gasteiger partial charge is 0.507 e. The molecule has 0 aliphatic carbocycles. The molecule has 0 saturated heterocycles. The van der Waals surface area contributed by atoms with Crippen molar-refractivity contribution in [2.45, 2.75) is 20.0 Å². The number of hydrogen-bond acceptors (Lipinski definition) is 3. The van der Waals surface area contributed by atoms with Gasteiger partial charge < -0.3 is 15.7 Å². The first-order chi connectivity index (χ1) is 13.4. The van der Waals surface area contributed by atoms with Crippen LogP contribution in [-0.4, -0.2) is 11.0 Å². The molecular weight excluding hydrogens is 395 g/mol. The van der Waals surface area contributed by atoms with Gasteiger partial charge in [-0.25, -0.2) is 0 Å². The Bertz CT molecular complexity index is 1010. The van der Waals surface area contributed by atoms with Gasteiger partial charge in [-0.15, -0.1) is 0 Å². The fourth-order valence-corrected chi connectivity index (χ4v) is 3.19. The minimum Gasteiger partial charge on any atom is -0.507 e. The summed E-state index contributed by atoms with van der Waals surface area (Å²) in [5, 5.41) is 17.1. The van der Waals surface area contributed by atoms with Crippen molar-refractivity contribution >= 4 is 34.8 Å². The zero-order valence-corrected chi connectivity index (χ0v) is 16.8. The molecule has 1 amide bonds. The minimum absolute atomic E-state index is 0.114. The van der Waals surface area contributed by atoms with E-state index in [1.165, 1.54) is 23.8 Å². The number of carbonyl (C=O) groups is 1. The Morgan fingerprint density at radius 2 is 1.71 bits per heavy atom. The van der Waals surface area contributed by atoms with Crippen LogP contribution in [0.25, 0.3) is 0 Å². The lowest BCUT2D eigenvalue weighted by atomic mass is 10.1. The van der Waals surface area contributed by atoms with Gasteiger partial charge >= 0.3 is 0 Å². The predicted molar refractivity (Wildman–Crippen MR) is 114 cm³/mol. The lowest BCUT2D eigenvalue weighted by Crippen LogP contribution is -2.15. The Hall–Kier alpha value is -2.53. The predicted octanol–water partition coefficient (Wildman–Crippen LogP) is 5.55. The number of halogens is 2. The molecule has 0 unspecified atom stereocenters. The standard InChI is InChI=1S/C22H20Cl2N2O2/c1-14-5-6-17(23)10-16(14)13-25-12-15-3-2-4-19(9-15)26-22(28)20-11-18(24)7-8-21(20)27/h2-11,25,27H,12-13H2,1H3,(H,26,28). The summed E-state index contributed by atoms with van der Waals surface area (Å²) in [6, 6.07) is 17.7. The van der Waals surface area contributed by atoms with E-state index in [1.54, 1.807) is 6.07 Å². The third kappa shape index (κ3) is 5.26. The number of anilines is 1. The molecule has 0 aromatic heterocycles. The molecule has 4 nitrogen and oxygen atoms in total. The van der Waals surface area contributed by atoms with Crippen LogP contribution >= 0.6 is 23.2 Å². The van der Waals surface area contributed by atoms with Crippen LogP contribution in [0, 0.1) is 6.92 Å². The summed E-state index contributed by atoms with van der Waals surface area (Å²) in [5.74, 6) is -0.531. The quantitative estimate of drug-likeness (QED) is 0.495. The van der Waals surface area contributed by atoms with E-state index in [4.69, 9.17) is 23.2 Å². The van der Waals surface area contributed by atoms with Crippen molar-refractivity contribution in [3.05, 3.63) is 93.0 Å². The molecule has 0 aliphatic rings. The summed E-state index contributed by atoms with van der Waals surface area (Å²) >= 11 is 12.0. The number of carbonyl (C=O) groups excluding carboxylic acids is 1. The molecule has 0 spiro atoms. The second kappa shape index (κ2) is 9.11. The van der Waals surface area contributed by atoms with Gasteiger partial charge in [-0.2, -0.15) is 0 Å². The van der Waals surface area contributed by atoms with Crippen molar-refractivity contribution in [3.63, 3.8) is 0 Å². The van der Waals surface area contributed by atoms with Crippen LogP contribution in [0.1, 0.15) is 27.0 Å². The first-order valence-corrected chi connectivity index (χ1v) is 9.52. The zero-order chi connectivity index (χ0) is 20.1. The van der Waals surface area contributed by atoms with Gasteiger partial charge in [0.15, 0.2) is 0 Å². The summed E-state index contributed by atoms with van der Waals surface area (Å²) in [7, 11) is 0. The second-order valence-electron chi connectivity index (χ2n) is 6.49. The van der Waals surface area contributed by atoms with Gasteiger partial charge in [-0.3, -0.25) is 4.79 Å². The summed E-state index contributed by atoms with van der Waals surface area (Å²) in [5.41, 5.74) is 4.12. The molecule has 3 aromatic rings. The molecule has 0 saturated carbocycles. The van der Waals surface area contributed by atoms with E-state index in [2.05, 4.69) is 17.6 Å². The fraction of sp³-hybridized carbons (Fsp3) is 0.136. The number of benzene rings is 3. The maximum atomic E-state index is 12.4. The lowest BCUT2D eigenvalue weighted by Gasteiger charge is -2.11. The molecule has 144 valence electrons. The highest BCUT2D eigenvalue weighted by atomic mass is 35.5. The maximum Gasteiger partial charge on any atom is 0.259 e. The highest BCUT2D eigenvalue weighted by molar-refractivity contribution is 6.31.